The van der Waals surface area contributed by atoms with Gasteiger partial charge in [0.25, 0.3) is 0 Å². The molecular formula is C43H51N2O2+. The standard InChI is InChI=1S/C41H44N2O2.C2H6/c1-8-9-18-31(25-28-38(44)45)41(5)33-20-12-10-11-16-29(2)23-26-34(33)42(6)37(41)22-15-21-36-40(3,4)39-32-19-14-13-17-30(32)24-27-35(39)43(36)7;1-2/h9-19,21-27H,2,8,20,28H2,1,3-7H3;1-2H3/p+1/b12-10-,16-11-,18-9-,26-23-,31-25+;. The Morgan fingerprint density at radius 2 is 1.81 bits per heavy atom. The number of benzene rings is 2. The second-order valence-electron chi connectivity index (χ2n) is 12.7. The number of nitrogens with zero attached hydrogens (tertiary/aromatic N) is 2. The summed E-state index contributed by atoms with van der Waals surface area (Å²) in [6.07, 6.45) is 26.8. The number of carbonyl (C=O) groups is 1. The van der Waals surface area contributed by atoms with Crippen LogP contribution in [0.1, 0.15) is 66.4 Å². The first-order valence-electron chi connectivity index (χ1n) is 16.8. The number of aliphatic carboxylic acids is 1. The van der Waals surface area contributed by atoms with Gasteiger partial charge in [0.1, 0.15) is 7.05 Å². The molecule has 47 heavy (non-hydrogen) atoms. The monoisotopic (exact) mass is 627 g/mol. The Morgan fingerprint density at radius 1 is 1.06 bits per heavy atom. The van der Waals surface area contributed by atoms with Crippen molar-refractivity contribution >= 4 is 28.1 Å². The maximum absolute atomic E-state index is 11.8. The molecule has 1 aliphatic carbocycles. The van der Waals surface area contributed by atoms with Gasteiger partial charge in [-0.25, -0.2) is 0 Å². The molecule has 2 aliphatic heterocycles. The molecule has 0 saturated heterocycles. The highest BCUT2D eigenvalue weighted by atomic mass is 16.4. The zero-order valence-corrected chi connectivity index (χ0v) is 29.5. The summed E-state index contributed by atoms with van der Waals surface area (Å²) in [5.74, 6) is -0.839. The minimum absolute atomic E-state index is 0.0389. The van der Waals surface area contributed by atoms with Crippen molar-refractivity contribution in [1.82, 2.24) is 4.90 Å². The van der Waals surface area contributed by atoms with E-state index in [1.807, 2.05) is 32.1 Å². The maximum atomic E-state index is 11.8. The minimum atomic E-state index is -0.839. The van der Waals surface area contributed by atoms with E-state index in [-0.39, 0.29) is 11.8 Å². The number of fused-ring (bicyclic) bond motifs is 3. The predicted molar refractivity (Wildman–Crippen MR) is 200 cm³/mol. The normalized spacial score (nSPS) is 23.7. The maximum Gasteiger partial charge on any atom is 0.307 e. The third kappa shape index (κ3) is 6.74. The molecule has 4 heteroatoms. The van der Waals surface area contributed by atoms with Gasteiger partial charge >= 0.3 is 5.97 Å². The molecule has 0 saturated carbocycles. The van der Waals surface area contributed by atoms with Crippen molar-refractivity contribution in [1.29, 1.82) is 0 Å². The van der Waals surface area contributed by atoms with E-state index in [1.165, 1.54) is 33.3 Å². The summed E-state index contributed by atoms with van der Waals surface area (Å²) in [7, 11) is 4.26. The van der Waals surface area contributed by atoms with Gasteiger partial charge in [-0.15, -0.1) is 0 Å². The van der Waals surface area contributed by atoms with Crippen molar-refractivity contribution in [2.24, 2.45) is 5.41 Å². The summed E-state index contributed by atoms with van der Waals surface area (Å²) in [6, 6.07) is 13.1. The van der Waals surface area contributed by atoms with E-state index >= 15 is 0 Å². The van der Waals surface area contributed by atoms with Crippen LogP contribution in [0.15, 0.2) is 144 Å². The molecule has 0 bridgehead atoms. The molecule has 0 amide bonds. The molecule has 0 aromatic heterocycles. The fourth-order valence-electron chi connectivity index (χ4n) is 7.19. The largest absolute Gasteiger partial charge is 0.481 e. The zero-order chi connectivity index (χ0) is 34.4. The fraction of sp³-hybridized carbons (Fsp3) is 0.302. The summed E-state index contributed by atoms with van der Waals surface area (Å²) in [4.78, 5) is 14.0. The lowest BCUT2D eigenvalue weighted by Crippen LogP contribution is -2.27. The molecule has 2 aromatic rings. The molecule has 244 valence electrons. The smallest absolute Gasteiger partial charge is 0.307 e. The van der Waals surface area contributed by atoms with Crippen molar-refractivity contribution in [3.05, 3.63) is 150 Å². The topological polar surface area (TPSA) is 43.5 Å². The number of likely N-dealkylation sites (N-methyl/N-ethyl adjacent to an activating group) is 1. The van der Waals surface area contributed by atoms with Crippen LogP contribution in [0.5, 0.6) is 0 Å². The van der Waals surface area contributed by atoms with E-state index in [0.717, 1.165) is 35.4 Å². The van der Waals surface area contributed by atoms with E-state index in [2.05, 4.69) is 149 Å². The minimum Gasteiger partial charge on any atom is -0.481 e. The van der Waals surface area contributed by atoms with Crippen LogP contribution in [0.3, 0.4) is 0 Å². The molecule has 3 aliphatic rings. The quantitative estimate of drug-likeness (QED) is 0.245. The second kappa shape index (κ2) is 14.8. The lowest BCUT2D eigenvalue weighted by molar-refractivity contribution is -0.401. The molecule has 4 nitrogen and oxygen atoms in total. The Labute approximate surface area is 282 Å². The highest BCUT2D eigenvalue weighted by molar-refractivity contribution is 6.07. The summed E-state index contributed by atoms with van der Waals surface area (Å²) in [5, 5.41) is 12.2. The van der Waals surface area contributed by atoms with Gasteiger partial charge in [0.2, 0.25) is 5.69 Å². The SMILES string of the molecule is C=C1/C=C\C=C/CC2=C(/C=C\1)N(C)/C(=C\C=C\C1=[N+](C)c3ccc4ccccc4c3C1(C)C)C2(C)C(/C=C\CC)=C/CC(=O)O.CC. The number of rotatable bonds is 7. The fourth-order valence-corrected chi connectivity index (χ4v) is 7.19. The van der Waals surface area contributed by atoms with Crippen molar-refractivity contribution in [2.75, 3.05) is 14.1 Å². The van der Waals surface area contributed by atoms with Gasteiger partial charge in [-0.3, -0.25) is 4.79 Å². The average molecular weight is 628 g/mol. The van der Waals surface area contributed by atoms with E-state index in [4.69, 9.17) is 0 Å². The number of carboxylic acid groups (broad SMARTS) is 1. The first kappa shape index (κ1) is 35.2. The van der Waals surface area contributed by atoms with Crippen LogP contribution < -0.4 is 0 Å². The molecule has 5 rings (SSSR count). The molecule has 1 atom stereocenters. The third-order valence-corrected chi connectivity index (χ3v) is 9.49. The van der Waals surface area contributed by atoms with Gasteiger partial charge in [-0.2, -0.15) is 4.58 Å². The van der Waals surface area contributed by atoms with Crippen LogP contribution in [-0.4, -0.2) is 40.4 Å². The molecular weight excluding hydrogens is 576 g/mol. The Hall–Kier alpha value is -4.70. The van der Waals surface area contributed by atoms with Gasteiger partial charge in [0.05, 0.1) is 17.3 Å². The molecule has 2 aromatic carbocycles. The number of carboxylic acids is 1. The Balaban J connectivity index is 0.00000245. The molecule has 2 heterocycles. The Bertz CT molecular complexity index is 1830. The summed E-state index contributed by atoms with van der Waals surface area (Å²) >= 11 is 0. The number of hydrogen-bond donors (Lipinski definition) is 1. The summed E-state index contributed by atoms with van der Waals surface area (Å²) in [6.45, 7) is 17.1. The Morgan fingerprint density at radius 3 is 2.53 bits per heavy atom. The number of hydrogen-bond acceptors (Lipinski definition) is 2. The predicted octanol–water partition coefficient (Wildman–Crippen LogP) is 10.5. The summed E-state index contributed by atoms with van der Waals surface area (Å²) in [5.41, 5.74) is 8.41. The van der Waals surface area contributed by atoms with Gasteiger partial charge in [-0.05, 0) is 79.3 Å². The highest BCUT2D eigenvalue weighted by Gasteiger charge is 2.46. The second-order valence-corrected chi connectivity index (χ2v) is 12.7. The van der Waals surface area contributed by atoms with Crippen LogP contribution in [0.4, 0.5) is 5.69 Å². The third-order valence-electron chi connectivity index (χ3n) is 9.49. The van der Waals surface area contributed by atoms with Crippen LogP contribution in [0, 0.1) is 5.41 Å². The van der Waals surface area contributed by atoms with Crippen LogP contribution in [0.25, 0.3) is 10.8 Å². The van der Waals surface area contributed by atoms with E-state index in [0.29, 0.717) is 0 Å². The van der Waals surface area contributed by atoms with Gasteiger partial charge in [0.15, 0.2) is 5.71 Å². The van der Waals surface area contributed by atoms with Crippen LogP contribution in [-0.2, 0) is 10.2 Å². The van der Waals surface area contributed by atoms with Gasteiger partial charge in [-0.1, -0.05) is 106 Å². The first-order chi connectivity index (χ1) is 22.5. The average Bonchev–Trinajstić information content (AvgIpc) is 3.39. The molecule has 0 radical (unpaired) electrons. The van der Waals surface area contributed by atoms with Gasteiger partial charge in [0, 0.05) is 36.1 Å². The van der Waals surface area contributed by atoms with Crippen molar-refractivity contribution in [2.45, 2.75) is 66.2 Å². The molecule has 1 N–H and O–H groups in total. The van der Waals surface area contributed by atoms with E-state index in [9.17, 15) is 9.90 Å². The van der Waals surface area contributed by atoms with Crippen LogP contribution >= 0.6 is 0 Å². The summed E-state index contributed by atoms with van der Waals surface area (Å²) < 4.78 is 2.31. The van der Waals surface area contributed by atoms with E-state index < -0.39 is 11.4 Å². The first-order valence-corrected chi connectivity index (χ1v) is 16.8. The lowest BCUT2D eigenvalue weighted by atomic mass is 9.72. The highest BCUT2D eigenvalue weighted by Crippen LogP contribution is 2.54. The van der Waals surface area contributed by atoms with Crippen LogP contribution in [0.2, 0.25) is 0 Å². The van der Waals surface area contributed by atoms with Gasteiger partial charge < -0.3 is 10.0 Å². The Kier molecular flexibility index (Phi) is 11.1. The zero-order valence-electron chi connectivity index (χ0n) is 29.5. The molecule has 1 unspecified atom stereocenters. The number of allylic oxidation sites excluding steroid dienone is 13. The van der Waals surface area contributed by atoms with E-state index in [1.54, 1.807) is 0 Å². The molecule has 0 spiro atoms. The lowest BCUT2D eigenvalue weighted by Gasteiger charge is -2.33. The van der Waals surface area contributed by atoms with Crippen molar-refractivity contribution in [3.8, 4) is 0 Å². The van der Waals surface area contributed by atoms with Crippen molar-refractivity contribution < 1.29 is 14.5 Å². The van der Waals surface area contributed by atoms with Crippen molar-refractivity contribution in [3.63, 3.8) is 0 Å². The molecule has 0 fully saturated rings.